The van der Waals surface area contributed by atoms with Crippen LogP contribution in [0.5, 0.6) is 11.5 Å². The number of nitrogens with one attached hydrogen (secondary N) is 1. The monoisotopic (exact) mass is 353 g/mol. The molecule has 3 nitrogen and oxygen atoms in total. The van der Waals surface area contributed by atoms with Gasteiger partial charge >= 0.3 is 0 Å². The standard InChI is InChI=1S/C17H24BrNO2/c1-12(2)19-11-13-9-15(18)17(16(10-13)20-3)21-14-7-5-4-6-8-14/h5,7,9-10,12,14,19H,4,6,8,11H2,1-3H3. The fraction of sp³-hybridized carbons (Fsp3) is 0.529. The van der Waals surface area contributed by atoms with Crippen LogP contribution in [-0.4, -0.2) is 19.3 Å². The van der Waals surface area contributed by atoms with Gasteiger partial charge in [0.1, 0.15) is 6.10 Å². The van der Waals surface area contributed by atoms with Crippen molar-refractivity contribution < 1.29 is 9.47 Å². The van der Waals surface area contributed by atoms with Crippen molar-refractivity contribution in [3.63, 3.8) is 0 Å². The average molecular weight is 354 g/mol. The second kappa shape index (κ2) is 7.85. The number of hydrogen-bond donors (Lipinski definition) is 1. The average Bonchev–Trinajstić information content (AvgIpc) is 2.48. The van der Waals surface area contributed by atoms with Crippen LogP contribution in [0, 0.1) is 0 Å². The number of ether oxygens (including phenoxy) is 2. The van der Waals surface area contributed by atoms with Crippen LogP contribution < -0.4 is 14.8 Å². The molecule has 1 aliphatic carbocycles. The van der Waals surface area contributed by atoms with Crippen LogP contribution >= 0.6 is 15.9 Å². The van der Waals surface area contributed by atoms with Crippen molar-refractivity contribution in [1.82, 2.24) is 5.32 Å². The van der Waals surface area contributed by atoms with E-state index in [4.69, 9.17) is 9.47 Å². The molecule has 0 radical (unpaired) electrons. The molecule has 21 heavy (non-hydrogen) atoms. The third-order valence-corrected chi connectivity index (χ3v) is 4.07. The van der Waals surface area contributed by atoms with Crippen molar-refractivity contribution in [3.8, 4) is 11.5 Å². The van der Waals surface area contributed by atoms with Crippen LogP contribution in [0.3, 0.4) is 0 Å². The van der Waals surface area contributed by atoms with Crippen molar-refractivity contribution in [2.45, 2.75) is 51.8 Å². The predicted molar refractivity (Wildman–Crippen MR) is 90.1 cm³/mol. The van der Waals surface area contributed by atoms with Crippen LogP contribution in [0.25, 0.3) is 0 Å². The molecule has 1 atom stereocenters. The molecule has 1 aliphatic rings. The summed E-state index contributed by atoms with van der Waals surface area (Å²) in [6.45, 7) is 5.09. The smallest absolute Gasteiger partial charge is 0.176 e. The Hall–Kier alpha value is -1.00. The highest BCUT2D eigenvalue weighted by Crippen LogP contribution is 2.38. The number of halogens is 1. The van der Waals surface area contributed by atoms with E-state index in [1.165, 1.54) is 12.0 Å². The number of allylic oxidation sites excluding steroid dienone is 1. The molecule has 2 rings (SSSR count). The lowest BCUT2D eigenvalue weighted by molar-refractivity contribution is 0.218. The topological polar surface area (TPSA) is 30.5 Å². The Balaban J connectivity index is 2.16. The SMILES string of the molecule is COc1cc(CNC(C)C)cc(Br)c1OC1C=CCCC1. The second-order valence-electron chi connectivity index (χ2n) is 5.66. The van der Waals surface area contributed by atoms with E-state index in [0.717, 1.165) is 35.4 Å². The maximum absolute atomic E-state index is 6.11. The molecule has 1 unspecified atom stereocenters. The van der Waals surface area contributed by atoms with Gasteiger partial charge in [-0.1, -0.05) is 19.9 Å². The molecule has 0 aromatic heterocycles. The van der Waals surface area contributed by atoms with Gasteiger partial charge in [-0.25, -0.2) is 0 Å². The summed E-state index contributed by atoms with van der Waals surface area (Å²) in [6, 6.07) is 4.60. The highest BCUT2D eigenvalue weighted by Gasteiger charge is 2.17. The molecular weight excluding hydrogens is 330 g/mol. The minimum atomic E-state index is 0.142. The Morgan fingerprint density at radius 2 is 2.19 bits per heavy atom. The summed E-state index contributed by atoms with van der Waals surface area (Å²) in [7, 11) is 1.69. The molecule has 1 aromatic rings. The predicted octanol–water partition coefficient (Wildman–Crippen LogP) is 4.44. The highest BCUT2D eigenvalue weighted by atomic mass is 79.9. The minimum Gasteiger partial charge on any atom is -0.493 e. The van der Waals surface area contributed by atoms with E-state index in [-0.39, 0.29) is 6.10 Å². The third-order valence-electron chi connectivity index (χ3n) is 3.48. The minimum absolute atomic E-state index is 0.142. The van der Waals surface area contributed by atoms with Gasteiger partial charge in [0.2, 0.25) is 0 Å². The molecule has 0 amide bonds. The van der Waals surface area contributed by atoms with Gasteiger partial charge in [-0.15, -0.1) is 0 Å². The first-order chi connectivity index (χ1) is 10.1. The van der Waals surface area contributed by atoms with E-state index < -0.39 is 0 Å². The van der Waals surface area contributed by atoms with Gasteiger partial charge in [-0.2, -0.15) is 0 Å². The van der Waals surface area contributed by atoms with E-state index >= 15 is 0 Å². The molecule has 0 saturated heterocycles. The molecular formula is C17H24BrNO2. The number of methoxy groups -OCH3 is 1. The normalized spacial score (nSPS) is 18.0. The lowest BCUT2D eigenvalue weighted by Crippen LogP contribution is -2.22. The maximum atomic E-state index is 6.11. The number of rotatable bonds is 6. The number of benzene rings is 1. The van der Waals surface area contributed by atoms with Gasteiger partial charge in [0.05, 0.1) is 11.6 Å². The van der Waals surface area contributed by atoms with Crippen molar-refractivity contribution >= 4 is 15.9 Å². The summed E-state index contributed by atoms with van der Waals surface area (Å²) in [6.07, 6.45) is 7.86. The van der Waals surface area contributed by atoms with Crippen molar-refractivity contribution in [2.75, 3.05) is 7.11 Å². The molecule has 0 heterocycles. The fourth-order valence-electron chi connectivity index (χ4n) is 2.34. The fourth-order valence-corrected chi connectivity index (χ4v) is 2.93. The lowest BCUT2D eigenvalue weighted by Gasteiger charge is -2.21. The Morgan fingerprint density at radius 1 is 1.38 bits per heavy atom. The van der Waals surface area contributed by atoms with Crippen LogP contribution in [0.4, 0.5) is 0 Å². The van der Waals surface area contributed by atoms with E-state index in [0.29, 0.717) is 6.04 Å². The van der Waals surface area contributed by atoms with Crippen LogP contribution in [-0.2, 0) is 6.54 Å². The summed E-state index contributed by atoms with van der Waals surface area (Å²) >= 11 is 3.62. The zero-order valence-electron chi connectivity index (χ0n) is 13.0. The summed E-state index contributed by atoms with van der Waals surface area (Å²) in [4.78, 5) is 0. The second-order valence-corrected chi connectivity index (χ2v) is 6.51. The van der Waals surface area contributed by atoms with E-state index in [2.05, 4.69) is 53.3 Å². The molecule has 0 fully saturated rings. The first-order valence-corrected chi connectivity index (χ1v) is 8.32. The summed E-state index contributed by atoms with van der Waals surface area (Å²) < 4.78 is 12.6. The van der Waals surface area contributed by atoms with Gasteiger partial charge in [-0.3, -0.25) is 0 Å². The molecule has 116 valence electrons. The quantitative estimate of drug-likeness (QED) is 0.766. The van der Waals surface area contributed by atoms with Gasteiger partial charge in [-0.05, 0) is 59.0 Å². The molecule has 0 saturated carbocycles. The van der Waals surface area contributed by atoms with Crippen LogP contribution in [0.2, 0.25) is 0 Å². The molecule has 4 heteroatoms. The van der Waals surface area contributed by atoms with Crippen LogP contribution in [0.15, 0.2) is 28.8 Å². The highest BCUT2D eigenvalue weighted by molar-refractivity contribution is 9.10. The van der Waals surface area contributed by atoms with E-state index in [1.807, 2.05) is 6.07 Å². The Morgan fingerprint density at radius 3 is 2.81 bits per heavy atom. The Kier molecular flexibility index (Phi) is 6.12. The summed E-state index contributed by atoms with van der Waals surface area (Å²) in [5, 5.41) is 3.41. The lowest BCUT2D eigenvalue weighted by atomic mass is 10.1. The van der Waals surface area contributed by atoms with Gasteiger partial charge in [0, 0.05) is 12.6 Å². The van der Waals surface area contributed by atoms with Crippen molar-refractivity contribution in [2.24, 2.45) is 0 Å². The van der Waals surface area contributed by atoms with Crippen molar-refractivity contribution in [1.29, 1.82) is 0 Å². The zero-order chi connectivity index (χ0) is 15.2. The van der Waals surface area contributed by atoms with E-state index in [1.54, 1.807) is 7.11 Å². The Labute approximate surface area is 135 Å². The summed E-state index contributed by atoms with van der Waals surface area (Å²) in [5.41, 5.74) is 1.18. The van der Waals surface area contributed by atoms with Crippen LogP contribution in [0.1, 0.15) is 38.7 Å². The first kappa shape index (κ1) is 16.4. The maximum Gasteiger partial charge on any atom is 0.176 e. The molecule has 0 aliphatic heterocycles. The largest absolute Gasteiger partial charge is 0.493 e. The zero-order valence-corrected chi connectivity index (χ0v) is 14.6. The molecule has 1 aromatic carbocycles. The van der Waals surface area contributed by atoms with Gasteiger partial charge < -0.3 is 14.8 Å². The van der Waals surface area contributed by atoms with Crippen molar-refractivity contribution in [3.05, 3.63) is 34.3 Å². The van der Waals surface area contributed by atoms with Gasteiger partial charge in [0.15, 0.2) is 11.5 Å². The number of hydrogen-bond acceptors (Lipinski definition) is 3. The first-order valence-electron chi connectivity index (χ1n) is 7.53. The Bertz CT molecular complexity index is 500. The summed E-state index contributed by atoms with van der Waals surface area (Å²) in [5.74, 6) is 1.58. The van der Waals surface area contributed by atoms with E-state index in [9.17, 15) is 0 Å². The molecule has 0 bridgehead atoms. The van der Waals surface area contributed by atoms with Gasteiger partial charge in [0.25, 0.3) is 0 Å². The third kappa shape index (κ3) is 4.75. The molecule has 0 spiro atoms. The molecule has 1 N–H and O–H groups in total.